The number of aromatic nitrogens is 4. The van der Waals surface area contributed by atoms with E-state index in [4.69, 9.17) is 9.97 Å². The molecule has 1 saturated heterocycles. The predicted octanol–water partition coefficient (Wildman–Crippen LogP) is 3.02. The summed E-state index contributed by atoms with van der Waals surface area (Å²) in [6, 6.07) is 11.3. The Morgan fingerprint density at radius 1 is 1.10 bits per heavy atom. The van der Waals surface area contributed by atoms with Gasteiger partial charge < -0.3 is 9.80 Å². The third-order valence-electron chi connectivity index (χ3n) is 5.14. The zero-order chi connectivity index (χ0) is 20.2. The van der Waals surface area contributed by atoms with Gasteiger partial charge in [-0.25, -0.2) is 9.97 Å². The van der Waals surface area contributed by atoms with Crippen LogP contribution in [0.5, 0.6) is 0 Å². The first kappa shape index (κ1) is 19.0. The van der Waals surface area contributed by atoms with Crippen molar-refractivity contribution in [1.29, 1.82) is 0 Å². The lowest BCUT2D eigenvalue weighted by molar-refractivity contribution is 0.0700. The Bertz CT molecular complexity index is 977. The molecule has 0 saturated carbocycles. The minimum atomic E-state index is -0.0217. The molecule has 0 unspecified atom stereocenters. The molecule has 0 aromatic carbocycles. The van der Waals surface area contributed by atoms with E-state index in [1.807, 2.05) is 54.2 Å². The zero-order valence-corrected chi connectivity index (χ0v) is 16.7. The molecule has 1 amide bonds. The minimum absolute atomic E-state index is 0.0217. The van der Waals surface area contributed by atoms with Crippen molar-refractivity contribution in [2.75, 3.05) is 32.1 Å². The van der Waals surface area contributed by atoms with E-state index in [9.17, 15) is 4.79 Å². The molecule has 7 heteroatoms. The first-order chi connectivity index (χ1) is 14.1. The lowest BCUT2D eigenvalue weighted by Gasteiger charge is -2.32. The summed E-state index contributed by atoms with van der Waals surface area (Å²) in [7, 11) is 3.94. The lowest BCUT2D eigenvalue weighted by atomic mass is 9.94. The molecular formula is C22H24N6O. The van der Waals surface area contributed by atoms with E-state index in [0.717, 1.165) is 36.5 Å². The Labute approximate surface area is 170 Å². The number of carbonyl (C=O) groups excluding carboxylic acids is 1. The summed E-state index contributed by atoms with van der Waals surface area (Å²) in [5, 5.41) is 0. The van der Waals surface area contributed by atoms with Crippen LogP contribution in [-0.2, 0) is 0 Å². The van der Waals surface area contributed by atoms with Crippen molar-refractivity contribution in [3.05, 3.63) is 66.4 Å². The fourth-order valence-corrected chi connectivity index (χ4v) is 3.58. The average Bonchev–Trinajstić information content (AvgIpc) is 2.79. The van der Waals surface area contributed by atoms with Gasteiger partial charge in [-0.1, -0.05) is 6.07 Å². The molecule has 1 atom stereocenters. The van der Waals surface area contributed by atoms with Crippen molar-refractivity contribution < 1.29 is 4.79 Å². The van der Waals surface area contributed by atoms with Crippen molar-refractivity contribution in [3.8, 4) is 11.4 Å². The Morgan fingerprint density at radius 3 is 2.66 bits per heavy atom. The standard InChI is InChI=1S/C22H24N6O/c1-27(2)20-14-19(25-21(26-20)16-8-11-23-12-9-16)17-6-5-13-28(15-17)22(29)18-7-3-4-10-24-18/h3-4,7-12,14,17H,5-6,13,15H2,1-2H3/t17-/m1/s1. The number of hydrogen-bond donors (Lipinski definition) is 0. The Kier molecular flexibility index (Phi) is 5.46. The van der Waals surface area contributed by atoms with Crippen LogP contribution in [0.2, 0.25) is 0 Å². The first-order valence-electron chi connectivity index (χ1n) is 9.79. The van der Waals surface area contributed by atoms with Crippen molar-refractivity contribution in [2.24, 2.45) is 0 Å². The van der Waals surface area contributed by atoms with Gasteiger partial charge in [-0.05, 0) is 37.1 Å². The summed E-state index contributed by atoms with van der Waals surface area (Å²) in [6.07, 6.45) is 7.08. The number of anilines is 1. The molecular weight excluding hydrogens is 364 g/mol. The van der Waals surface area contributed by atoms with E-state index >= 15 is 0 Å². The van der Waals surface area contributed by atoms with E-state index in [1.54, 1.807) is 24.7 Å². The summed E-state index contributed by atoms with van der Waals surface area (Å²) in [5.41, 5.74) is 2.39. The average molecular weight is 388 g/mol. The maximum absolute atomic E-state index is 12.9. The summed E-state index contributed by atoms with van der Waals surface area (Å²) in [5.74, 6) is 1.68. The van der Waals surface area contributed by atoms with E-state index in [-0.39, 0.29) is 11.8 Å². The van der Waals surface area contributed by atoms with Crippen LogP contribution in [0.15, 0.2) is 55.0 Å². The SMILES string of the molecule is CN(C)c1cc([C@@H]2CCCN(C(=O)c3ccccn3)C2)nc(-c2ccncc2)n1. The molecule has 0 bridgehead atoms. The van der Waals surface area contributed by atoms with Gasteiger partial charge in [0, 0.05) is 63.3 Å². The maximum atomic E-state index is 12.9. The molecule has 1 aliphatic heterocycles. The molecule has 7 nitrogen and oxygen atoms in total. The van der Waals surface area contributed by atoms with E-state index in [2.05, 4.69) is 9.97 Å². The molecule has 148 valence electrons. The van der Waals surface area contributed by atoms with Crippen LogP contribution in [0.4, 0.5) is 5.82 Å². The van der Waals surface area contributed by atoms with E-state index in [1.165, 1.54) is 0 Å². The van der Waals surface area contributed by atoms with Gasteiger partial charge in [0.1, 0.15) is 11.5 Å². The normalized spacial score (nSPS) is 16.5. The van der Waals surface area contributed by atoms with Crippen LogP contribution >= 0.6 is 0 Å². The topological polar surface area (TPSA) is 75.1 Å². The second kappa shape index (κ2) is 8.34. The summed E-state index contributed by atoms with van der Waals surface area (Å²) < 4.78 is 0. The number of hydrogen-bond acceptors (Lipinski definition) is 6. The predicted molar refractivity (Wildman–Crippen MR) is 112 cm³/mol. The van der Waals surface area contributed by atoms with Crippen LogP contribution in [0.1, 0.15) is 34.9 Å². The highest BCUT2D eigenvalue weighted by Crippen LogP contribution is 2.29. The second-order valence-electron chi connectivity index (χ2n) is 7.41. The molecule has 4 rings (SSSR count). The van der Waals surface area contributed by atoms with Crippen LogP contribution in [0.3, 0.4) is 0 Å². The van der Waals surface area contributed by atoms with Crippen molar-refractivity contribution >= 4 is 11.7 Å². The molecule has 29 heavy (non-hydrogen) atoms. The monoisotopic (exact) mass is 388 g/mol. The van der Waals surface area contributed by atoms with Gasteiger partial charge in [0.05, 0.1) is 5.69 Å². The van der Waals surface area contributed by atoms with Crippen LogP contribution in [0.25, 0.3) is 11.4 Å². The summed E-state index contributed by atoms with van der Waals surface area (Å²) in [6.45, 7) is 1.38. The number of amides is 1. The molecule has 0 spiro atoms. The fraction of sp³-hybridized carbons (Fsp3) is 0.318. The Morgan fingerprint density at radius 2 is 1.93 bits per heavy atom. The highest BCUT2D eigenvalue weighted by atomic mass is 16.2. The Hall–Kier alpha value is -3.35. The van der Waals surface area contributed by atoms with Gasteiger partial charge in [-0.3, -0.25) is 14.8 Å². The van der Waals surface area contributed by atoms with Crippen molar-refractivity contribution in [1.82, 2.24) is 24.8 Å². The van der Waals surface area contributed by atoms with Crippen molar-refractivity contribution in [3.63, 3.8) is 0 Å². The number of likely N-dealkylation sites (tertiary alicyclic amines) is 1. The van der Waals surface area contributed by atoms with Gasteiger partial charge in [0.15, 0.2) is 5.82 Å². The summed E-state index contributed by atoms with van der Waals surface area (Å²) >= 11 is 0. The second-order valence-corrected chi connectivity index (χ2v) is 7.41. The van der Waals surface area contributed by atoms with Crippen LogP contribution < -0.4 is 4.90 Å². The largest absolute Gasteiger partial charge is 0.363 e. The fourth-order valence-electron chi connectivity index (χ4n) is 3.58. The van der Waals surface area contributed by atoms with E-state index < -0.39 is 0 Å². The number of piperidine rings is 1. The van der Waals surface area contributed by atoms with E-state index in [0.29, 0.717) is 18.1 Å². The molecule has 0 aliphatic carbocycles. The maximum Gasteiger partial charge on any atom is 0.272 e. The molecule has 3 aromatic rings. The smallest absolute Gasteiger partial charge is 0.272 e. The van der Waals surface area contributed by atoms with Gasteiger partial charge in [-0.2, -0.15) is 0 Å². The third-order valence-corrected chi connectivity index (χ3v) is 5.14. The molecule has 0 N–H and O–H groups in total. The third kappa shape index (κ3) is 4.23. The number of pyridine rings is 2. The van der Waals surface area contributed by atoms with Gasteiger partial charge in [0.2, 0.25) is 0 Å². The zero-order valence-electron chi connectivity index (χ0n) is 16.7. The lowest BCUT2D eigenvalue weighted by Crippen LogP contribution is -2.39. The number of rotatable bonds is 4. The highest BCUT2D eigenvalue weighted by molar-refractivity contribution is 5.92. The minimum Gasteiger partial charge on any atom is -0.363 e. The Balaban J connectivity index is 1.63. The molecule has 1 fully saturated rings. The van der Waals surface area contributed by atoms with Crippen molar-refractivity contribution in [2.45, 2.75) is 18.8 Å². The molecule has 0 radical (unpaired) electrons. The number of nitrogens with zero attached hydrogens (tertiary/aromatic N) is 6. The van der Waals surface area contributed by atoms with Crippen LogP contribution in [-0.4, -0.2) is 57.9 Å². The van der Waals surface area contributed by atoms with Gasteiger partial charge in [0.25, 0.3) is 5.91 Å². The highest BCUT2D eigenvalue weighted by Gasteiger charge is 2.27. The molecule has 3 aromatic heterocycles. The number of carbonyl (C=O) groups is 1. The molecule has 4 heterocycles. The molecule has 1 aliphatic rings. The van der Waals surface area contributed by atoms with Gasteiger partial charge in [-0.15, -0.1) is 0 Å². The quantitative estimate of drug-likeness (QED) is 0.684. The van der Waals surface area contributed by atoms with Crippen LogP contribution in [0, 0.1) is 0 Å². The van der Waals surface area contributed by atoms with Gasteiger partial charge >= 0.3 is 0 Å². The first-order valence-corrected chi connectivity index (χ1v) is 9.79. The summed E-state index contributed by atoms with van der Waals surface area (Å²) in [4.78, 5) is 34.6.